The summed E-state index contributed by atoms with van der Waals surface area (Å²) in [6.45, 7) is 4.22. The highest BCUT2D eigenvalue weighted by Crippen LogP contribution is 2.36. The summed E-state index contributed by atoms with van der Waals surface area (Å²) >= 11 is 0. The molecule has 4 nitrogen and oxygen atoms in total. The van der Waals surface area contributed by atoms with Crippen LogP contribution in [0.15, 0.2) is 133 Å². The third kappa shape index (κ3) is 6.46. The summed E-state index contributed by atoms with van der Waals surface area (Å²) in [6, 6.07) is 45.9. The van der Waals surface area contributed by atoms with Gasteiger partial charge >= 0.3 is 0 Å². The van der Waals surface area contributed by atoms with Crippen LogP contribution in [0.2, 0.25) is 0 Å². The Bertz CT molecular complexity index is 1750. The van der Waals surface area contributed by atoms with Crippen molar-refractivity contribution < 1.29 is 9.94 Å². The molecule has 4 heteroatoms. The van der Waals surface area contributed by atoms with Crippen LogP contribution in [0, 0.1) is 13.8 Å². The number of anilines is 3. The fourth-order valence-corrected chi connectivity index (χ4v) is 5.43. The summed E-state index contributed by atoms with van der Waals surface area (Å²) in [5.41, 5.74) is 9.77. The Kier molecular flexibility index (Phi) is 8.91. The van der Waals surface area contributed by atoms with E-state index in [0.717, 1.165) is 39.8 Å². The fourth-order valence-electron chi connectivity index (χ4n) is 5.43. The van der Waals surface area contributed by atoms with Crippen molar-refractivity contribution in [3.8, 4) is 5.75 Å². The zero-order valence-corrected chi connectivity index (χ0v) is 23.9. The van der Waals surface area contributed by atoms with Crippen LogP contribution >= 0.6 is 0 Å². The van der Waals surface area contributed by atoms with Gasteiger partial charge in [0.2, 0.25) is 0 Å². The number of hydrogen-bond donors (Lipinski definition) is 2. The van der Waals surface area contributed by atoms with Crippen LogP contribution in [-0.4, -0.2) is 5.11 Å². The molecular formula is C39H38N2O2. The molecule has 216 valence electrons. The van der Waals surface area contributed by atoms with Crippen molar-refractivity contribution in [2.75, 3.05) is 4.90 Å². The Morgan fingerprint density at radius 3 is 1.56 bits per heavy atom. The molecule has 1 atom stereocenters. The average Bonchev–Trinajstić information content (AvgIpc) is 3.01. The van der Waals surface area contributed by atoms with Crippen molar-refractivity contribution in [2.24, 2.45) is 5.90 Å². The zero-order valence-electron chi connectivity index (χ0n) is 23.9. The maximum absolute atomic E-state index is 10.7. The quantitative estimate of drug-likeness (QED) is 0.180. The van der Waals surface area contributed by atoms with Crippen molar-refractivity contribution in [2.45, 2.75) is 33.8 Å². The number of aryl methyl sites for hydroxylation is 2. The Balaban J connectivity index is 0.00000368. The summed E-state index contributed by atoms with van der Waals surface area (Å²) in [6.07, 6.45) is 0.225. The SMILES string of the molecule is C.Cc1ccc(N(c2ccc(C)cc2)c2ccc(Cc3ccc(C(ON)c4cc5ccccc5cc4O)cc3)cc2)cc1. The molecule has 0 aliphatic carbocycles. The molecule has 3 N–H and O–H groups in total. The van der Waals surface area contributed by atoms with Crippen molar-refractivity contribution in [1.82, 2.24) is 0 Å². The van der Waals surface area contributed by atoms with Crippen molar-refractivity contribution in [3.63, 3.8) is 0 Å². The summed E-state index contributed by atoms with van der Waals surface area (Å²) in [4.78, 5) is 7.65. The van der Waals surface area contributed by atoms with E-state index in [1.165, 1.54) is 22.3 Å². The van der Waals surface area contributed by atoms with Crippen molar-refractivity contribution >= 4 is 27.8 Å². The fraction of sp³-hybridized carbons (Fsp3) is 0.128. The minimum Gasteiger partial charge on any atom is -0.508 e. The van der Waals surface area contributed by atoms with Gasteiger partial charge in [0.05, 0.1) is 0 Å². The molecule has 0 amide bonds. The van der Waals surface area contributed by atoms with E-state index in [1.807, 2.05) is 42.5 Å². The van der Waals surface area contributed by atoms with Crippen LogP contribution in [0.25, 0.3) is 10.8 Å². The van der Waals surface area contributed by atoms with E-state index in [0.29, 0.717) is 5.56 Å². The minimum absolute atomic E-state index is 0. The van der Waals surface area contributed by atoms with Gasteiger partial charge in [-0.1, -0.05) is 103 Å². The summed E-state index contributed by atoms with van der Waals surface area (Å²) in [7, 11) is 0. The lowest BCUT2D eigenvalue weighted by atomic mass is 9.95. The Morgan fingerprint density at radius 1 is 0.628 bits per heavy atom. The monoisotopic (exact) mass is 566 g/mol. The lowest BCUT2D eigenvalue weighted by molar-refractivity contribution is 0.0797. The predicted molar refractivity (Wildman–Crippen MR) is 179 cm³/mol. The summed E-state index contributed by atoms with van der Waals surface area (Å²) in [5.74, 6) is 5.90. The van der Waals surface area contributed by atoms with Gasteiger partial charge in [-0.3, -0.25) is 4.84 Å². The zero-order chi connectivity index (χ0) is 29.1. The number of phenolic OH excluding ortho intramolecular Hbond substituents is 1. The first kappa shape index (κ1) is 29.6. The molecule has 0 bridgehead atoms. The standard InChI is InChI=1S/C38H34N2O2.CH4/c1-26-7-17-33(18-8-26)40(34-19-9-27(2)10-20-34)35-21-13-29(14-22-35)23-28-11-15-30(16-12-28)38(42-39)36-24-31-5-3-4-6-32(31)25-37(36)41;/h3-22,24-25,38,41H,23,39H2,1-2H3;1H4. The van der Waals surface area contributed by atoms with E-state index in [-0.39, 0.29) is 13.2 Å². The minimum atomic E-state index is -0.572. The van der Waals surface area contributed by atoms with E-state index < -0.39 is 6.10 Å². The number of aromatic hydroxyl groups is 1. The molecule has 0 heterocycles. The Morgan fingerprint density at radius 2 is 1.07 bits per heavy atom. The number of benzene rings is 6. The molecule has 0 aromatic heterocycles. The van der Waals surface area contributed by atoms with Gasteiger partial charge < -0.3 is 10.0 Å². The van der Waals surface area contributed by atoms with E-state index in [1.54, 1.807) is 6.07 Å². The van der Waals surface area contributed by atoms with Crippen molar-refractivity contribution in [3.05, 3.63) is 167 Å². The maximum atomic E-state index is 10.7. The predicted octanol–water partition coefficient (Wildman–Crippen LogP) is 9.84. The van der Waals surface area contributed by atoms with Crippen LogP contribution in [0.3, 0.4) is 0 Å². The highest BCUT2D eigenvalue weighted by Gasteiger charge is 2.19. The molecule has 43 heavy (non-hydrogen) atoms. The number of rotatable bonds is 8. The van der Waals surface area contributed by atoms with Crippen LogP contribution in [0.1, 0.15) is 46.9 Å². The van der Waals surface area contributed by atoms with Gasteiger partial charge in [0, 0.05) is 22.6 Å². The molecular weight excluding hydrogens is 528 g/mol. The average molecular weight is 567 g/mol. The van der Waals surface area contributed by atoms with Gasteiger partial charge in [-0.25, -0.2) is 5.90 Å². The molecule has 0 spiro atoms. The summed E-state index contributed by atoms with van der Waals surface area (Å²) < 4.78 is 0. The molecule has 6 aromatic rings. The summed E-state index contributed by atoms with van der Waals surface area (Å²) in [5, 5.41) is 12.7. The molecule has 0 saturated carbocycles. The first-order valence-corrected chi connectivity index (χ1v) is 14.2. The number of nitrogens with two attached hydrogens (primary N) is 1. The first-order valence-electron chi connectivity index (χ1n) is 14.2. The molecule has 0 radical (unpaired) electrons. The van der Waals surface area contributed by atoms with Crippen LogP contribution in [0.4, 0.5) is 17.1 Å². The largest absolute Gasteiger partial charge is 0.508 e. The van der Waals surface area contributed by atoms with Gasteiger partial charge in [0.1, 0.15) is 11.9 Å². The second kappa shape index (κ2) is 13.0. The van der Waals surface area contributed by atoms with Gasteiger partial charge in [-0.2, -0.15) is 0 Å². The molecule has 0 fully saturated rings. The van der Waals surface area contributed by atoms with E-state index in [9.17, 15) is 5.11 Å². The van der Waals surface area contributed by atoms with Crippen molar-refractivity contribution in [1.29, 1.82) is 0 Å². The van der Waals surface area contributed by atoms with Gasteiger partial charge in [-0.05, 0) is 96.3 Å². The van der Waals surface area contributed by atoms with E-state index >= 15 is 0 Å². The molecule has 6 aromatic carbocycles. The number of nitrogens with zero attached hydrogens (tertiary/aromatic N) is 1. The number of phenols is 1. The smallest absolute Gasteiger partial charge is 0.132 e. The van der Waals surface area contributed by atoms with Gasteiger partial charge in [0.15, 0.2) is 0 Å². The van der Waals surface area contributed by atoms with Crippen LogP contribution in [-0.2, 0) is 11.3 Å². The van der Waals surface area contributed by atoms with Crippen LogP contribution in [0.5, 0.6) is 5.75 Å². The second-order valence-electron chi connectivity index (χ2n) is 10.9. The maximum Gasteiger partial charge on any atom is 0.132 e. The second-order valence-corrected chi connectivity index (χ2v) is 10.9. The molecule has 6 rings (SSSR count). The highest BCUT2D eigenvalue weighted by molar-refractivity contribution is 5.85. The van der Waals surface area contributed by atoms with Gasteiger partial charge in [0.25, 0.3) is 0 Å². The number of hydrogen-bond acceptors (Lipinski definition) is 4. The van der Waals surface area contributed by atoms with Gasteiger partial charge in [-0.15, -0.1) is 0 Å². The Hall–Kier alpha value is -4.90. The normalized spacial score (nSPS) is 11.6. The highest BCUT2D eigenvalue weighted by atomic mass is 16.6. The lowest BCUT2D eigenvalue weighted by Gasteiger charge is -2.26. The Labute approximate surface area is 254 Å². The first-order chi connectivity index (χ1) is 20.5. The molecule has 0 aliphatic heterocycles. The van der Waals surface area contributed by atoms with Crippen LogP contribution < -0.4 is 10.8 Å². The molecule has 0 saturated heterocycles. The third-order valence-corrected chi connectivity index (χ3v) is 7.78. The molecule has 0 aliphatic rings. The third-order valence-electron chi connectivity index (χ3n) is 7.78. The van der Waals surface area contributed by atoms with E-state index in [4.69, 9.17) is 10.7 Å². The number of fused-ring (bicyclic) bond motifs is 1. The lowest BCUT2D eigenvalue weighted by Crippen LogP contribution is -2.11. The molecule has 1 unspecified atom stereocenters. The topological polar surface area (TPSA) is 58.7 Å². The van der Waals surface area contributed by atoms with E-state index in [2.05, 4.69) is 104 Å².